The first-order valence-electron chi connectivity index (χ1n) is 11.0. The van der Waals surface area contributed by atoms with Crippen molar-refractivity contribution in [2.75, 3.05) is 5.32 Å². The van der Waals surface area contributed by atoms with E-state index < -0.39 is 0 Å². The van der Waals surface area contributed by atoms with Gasteiger partial charge in [0.25, 0.3) is 5.56 Å². The number of fused-ring (bicyclic) bond motifs is 1. The number of hydrogen-bond donors (Lipinski definition) is 1. The highest BCUT2D eigenvalue weighted by Gasteiger charge is 2.24. The van der Waals surface area contributed by atoms with Crippen molar-refractivity contribution in [2.24, 2.45) is 5.92 Å². The third-order valence-electron chi connectivity index (χ3n) is 5.85. The number of anilines is 1. The summed E-state index contributed by atoms with van der Waals surface area (Å²) in [5, 5.41) is 3.57. The maximum atomic E-state index is 13.3. The van der Waals surface area contributed by atoms with Gasteiger partial charge < -0.3 is 5.32 Å². The third kappa shape index (κ3) is 3.80. The van der Waals surface area contributed by atoms with Gasteiger partial charge in [-0.15, -0.1) is 0 Å². The molecule has 0 saturated heterocycles. The molecule has 4 rings (SSSR count). The molecule has 0 unspecified atom stereocenters. The van der Waals surface area contributed by atoms with Gasteiger partial charge in [0.1, 0.15) is 0 Å². The molecule has 1 aromatic carbocycles. The summed E-state index contributed by atoms with van der Waals surface area (Å²) in [6.45, 7) is 7.38. The molecule has 7 heteroatoms. The molecule has 0 aliphatic heterocycles. The van der Waals surface area contributed by atoms with Crippen LogP contribution in [0.2, 0.25) is 0 Å². The molecule has 1 aliphatic carbocycles. The van der Waals surface area contributed by atoms with E-state index in [0.29, 0.717) is 42.8 Å². The van der Waals surface area contributed by atoms with E-state index in [9.17, 15) is 9.59 Å². The Morgan fingerprint density at radius 2 is 1.77 bits per heavy atom. The Kier molecular flexibility index (Phi) is 5.79. The van der Waals surface area contributed by atoms with Crippen LogP contribution < -0.4 is 16.6 Å². The van der Waals surface area contributed by atoms with Gasteiger partial charge in [0.15, 0.2) is 11.2 Å². The van der Waals surface area contributed by atoms with Gasteiger partial charge >= 0.3 is 5.69 Å². The zero-order valence-corrected chi connectivity index (χ0v) is 18.1. The predicted molar refractivity (Wildman–Crippen MR) is 120 cm³/mol. The van der Waals surface area contributed by atoms with Crippen LogP contribution in [0.3, 0.4) is 0 Å². The molecule has 1 fully saturated rings. The van der Waals surface area contributed by atoms with Gasteiger partial charge in [0.05, 0.1) is 6.54 Å². The van der Waals surface area contributed by atoms with E-state index in [1.54, 1.807) is 4.57 Å². The molecule has 1 N–H and O–H groups in total. The molecule has 0 radical (unpaired) electrons. The van der Waals surface area contributed by atoms with Crippen molar-refractivity contribution in [3.63, 3.8) is 0 Å². The lowest BCUT2D eigenvalue weighted by molar-refractivity contribution is 0.491. The van der Waals surface area contributed by atoms with Gasteiger partial charge in [-0.1, -0.05) is 57.0 Å². The Bertz CT molecular complexity index is 1130. The summed E-state index contributed by atoms with van der Waals surface area (Å²) >= 11 is 0. The normalized spacial score (nSPS) is 14.8. The molecule has 2 aromatic heterocycles. The van der Waals surface area contributed by atoms with Crippen LogP contribution in [0.5, 0.6) is 0 Å². The molecule has 3 aromatic rings. The fourth-order valence-corrected chi connectivity index (χ4v) is 4.38. The molecule has 0 atom stereocenters. The summed E-state index contributed by atoms with van der Waals surface area (Å²) in [4.78, 5) is 31.2. The molecule has 7 nitrogen and oxygen atoms in total. The second-order valence-electron chi connectivity index (χ2n) is 8.64. The Balaban J connectivity index is 1.96. The predicted octanol–water partition coefficient (Wildman–Crippen LogP) is 3.44. The van der Waals surface area contributed by atoms with Crippen molar-refractivity contribution in [2.45, 2.75) is 72.1 Å². The topological polar surface area (TPSA) is 73.8 Å². The van der Waals surface area contributed by atoms with E-state index in [4.69, 9.17) is 4.98 Å². The van der Waals surface area contributed by atoms with Crippen LogP contribution in [0, 0.1) is 5.92 Å². The average molecular weight is 410 g/mol. The number of rotatable bonds is 7. The van der Waals surface area contributed by atoms with E-state index in [-0.39, 0.29) is 17.2 Å². The minimum absolute atomic E-state index is 0.263. The summed E-state index contributed by atoms with van der Waals surface area (Å²) in [7, 11) is 0. The van der Waals surface area contributed by atoms with Crippen molar-refractivity contribution >= 4 is 17.1 Å². The summed E-state index contributed by atoms with van der Waals surface area (Å²) in [5.41, 5.74) is 1.54. The first-order chi connectivity index (χ1) is 14.5. The van der Waals surface area contributed by atoms with E-state index >= 15 is 0 Å². The van der Waals surface area contributed by atoms with E-state index in [0.717, 1.165) is 18.4 Å². The van der Waals surface area contributed by atoms with Crippen LogP contribution in [0.15, 0.2) is 39.9 Å². The van der Waals surface area contributed by atoms with E-state index in [1.807, 2.05) is 41.8 Å². The van der Waals surface area contributed by atoms with Gasteiger partial charge in [0.2, 0.25) is 5.95 Å². The number of imidazole rings is 1. The highest BCUT2D eigenvalue weighted by atomic mass is 16.2. The Labute approximate surface area is 176 Å². The molecule has 160 valence electrons. The molecule has 2 heterocycles. The molecule has 1 aliphatic rings. The standard InChI is InChI=1S/C23H31N5O2/c1-4-26-21(29)19-20(28(23(26)30)14-16(2)3)25-22(24-18-12-8-9-13-18)27(19)15-17-10-6-5-7-11-17/h5-7,10-11,16,18H,4,8-9,12-15H2,1-3H3,(H,24,25). The fourth-order valence-electron chi connectivity index (χ4n) is 4.38. The van der Waals surface area contributed by atoms with Crippen molar-refractivity contribution < 1.29 is 0 Å². The lowest BCUT2D eigenvalue weighted by atomic mass is 10.2. The van der Waals surface area contributed by atoms with Gasteiger partial charge in [0, 0.05) is 19.1 Å². The fraction of sp³-hybridized carbons (Fsp3) is 0.522. The van der Waals surface area contributed by atoms with Crippen LogP contribution in [0.25, 0.3) is 11.2 Å². The number of nitrogens with one attached hydrogen (secondary N) is 1. The number of hydrogen-bond acceptors (Lipinski definition) is 4. The van der Waals surface area contributed by atoms with Gasteiger partial charge in [-0.3, -0.25) is 18.5 Å². The Morgan fingerprint density at radius 3 is 2.40 bits per heavy atom. The van der Waals surface area contributed by atoms with Crippen molar-refractivity contribution in [1.82, 2.24) is 18.7 Å². The molecular formula is C23H31N5O2. The number of nitrogens with zero attached hydrogens (tertiary/aromatic N) is 4. The van der Waals surface area contributed by atoms with Gasteiger partial charge in [-0.2, -0.15) is 4.98 Å². The smallest absolute Gasteiger partial charge is 0.332 e. The van der Waals surface area contributed by atoms with Crippen LogP contribution in [-0.2, 0) is 19.6 Å². The number of benzene rings is 1. The quantitative estimate of drug-likeness (QED) is 0.649. The van der Waals surface area contributed by atoms with Crippen molar-refractivity contribution in [3.8, 4) is 0 Å². The maximum Gasteiger partial charge on any atom is 0.332 e. The molecular weight excluding hydrogens is 378 g/mol. The molecule has 0 spiro atoms. The lowest BCUT2D eigenvalue weighted by Crippen LogP contribution is -2.40. The Hall–Kier alpha value is -2.83. The minimum Gasteiger partial charge on any atom is -0.353 e. The second-order valence-corrected chi connectivity index (χ2v) is 8.64. The van der Waals surface area contributed by atoms with Crippen molar-refractivity contribution in [1.29, 1.82) is 0 Å². The average Bonchev–Trinajstić information content (AvgIpc) is 3.35. The highest BCUT2D eigenvalue weighted by Crippen LogP contribution is 2.25. The largest absolute Gasteiger partial charge is 0.353 e. The zero-order chi connectivity index (χ0) is 21.3. The van der Waals surface area contributed by atoms with Gasteiger partial charge in [-0.25, -0.2) is 4.79 Å². The summed E-state index contributed by atoms with van der Waals surface area (Å²) in [6.07, 6.45) is 4.62. The maximum absolute atomic E-state index is 13.3. The monoisotopic (exact) mass is 409 g/mol. The summed E-state index contributed by atoms with van der Waals surface area (Å²) < 4.78 is 4.97. The lowest BCUT2D eigenvalue weighted by Gasteiger charge is -2.15. The molecule has 0 bridgehead atoms. The first-order valence-corrected chi connectivity index (χ1v) is 11.0. The van der Waals surface area contributed by atoms with E-state index in [1.165, 1.54) is 17.4 Å². The van der Waals surface area contributed by atoms with Crippen LogP contribution in [0.1, 0.15) is 52.0 Å². The summed E-state index contributed by atoms with van der Waals surface area (Å²) in [6, 6.07) is 10.4. The third-order valence-corrected chi connectivity index (χ3v) is 5.85. The minimum atomic E-state index is -0.277. The molecule has 0 amide bonds. The first kappa shape index (κ1) is 20.4. The SMILES string of the molecule is CCn1c(=O)c2c(nc(NC3CCCC3)n2Cc2ccccc2)n(CC(C)C)c1=O. The van der Waals surface area contributed by atoms with E-state index in [2.05, 4.69) is 19.2 Å². The Morgan fingerprint density at radius 1 is 1.07 bits per heavy atom. The van der Waals surface area contributed by atoms with Crippen molar-refractivity contribution in [3.05, 3.63) is 56.7 Å². The zero-order valence-electron chi connectivity index (χ0n) is 18.1. The number of aromatic nitrogens is 4. The van der Waals surface area contributed by atoms with Crippen LogP contribution in [-0.4, -0.2) is 24.7 Å². The summed E-state index contributed by atoms with van der Waals surface area (Å²) in [5.74, 6) is 0.947. The second kappa shape index (κ2) is 8.50. The molecule has 30 heavy (non-hydrogen) atoms. The van der Waals surface area contributed by atoms with Crippen LogP contribution in [0.4, 0.5) is 5.95 Å². The highest BCUT2D eigenvalue weighted by molar-refractivity contribution is 5.74. The van der Waals surface area contributed by atoms with Gasteiger partial charge in [-0.05, 0) is 31.2 Å². The molecule has 1 saturated carbocycles. The van der Waals surface area contributed by atoms with Crippen LogP contribution >= 0.6 is 0 Å².